The van der Waals surface area contributed by atoms with Gasteiger partial charge in [0.2, 0.25) is 0 Å². The van der Waals surface area contributed by atoms with Crippen LogP contribution in [0.15, 0.2) is 71.2 Å². The first kappa shape index (κ1) is 19.7. The number of benzene rings is 1. The van der Waals surface area contributed by atoms with Crippen molar-refractivity contribution in [3.8, 4) is 0 Å². The van der Waals surface area contributed by atoms with Crippen molar-refractivity contribution >= 4 is 36.6 Å². The molecule has 0 fully saturated rings. The summed E-state index contributed by atoms with van der Waals surface area (Å²) in [6.45, 7) is 6.81. The van der Waals surface area contributed by atoms with Gasteiger partial charge in [-0.1, -0.05) is 44.3 Å². The van der Waals surface area contributed by atoms with Crippen molar-refractivity contribution in [1.82, 2.24) is 0 Å². The van der Waals surface area contributed by atoms with Gasteiger partial charge in [-0.05, 0) is 26.5 Å². The van der Waals surface area contributed by atoms with Crippen molar-refractivity contribution in [3.05, 3.63) is 76.7 Å². The van der Waals surface area contributed by atoms with E-state index in [1.807, 2.05) is 11.8 Å². The fourth-order valence-electron chi connectivity index (χ4n) is 2.83. The second kappa shape index (κ2) is 9.17. The monoisotopic (exact) mass is 425 g/mol. The van der Waals surface area contributed by atoms with Gasteiger partial charge in [-0.3, -0.25) is 0 Å². The zero-order valence-electron chi connectivity index (χ0n) is 14.5. The SMILES string of the molecule is C[Si](C)=CCC1C=C2C=CC=C2S1.Cc1cc2ccccc2[cH-]1.[Zr]. The summed E-state index contributed by atoms with van der Waals surface area (Å²) in [5, 5.41) is 3.41. The maximum Gasteiger partial charge on any atom is 0.0314 e. The molecule has 4 rings (SSSR count). The molecule has 0 radical (unpaired) electrons. The molecule has 24 heavy (non-hydrogen) atoms. The van der Waals surface area contributed by atoms with Crippen LogP contribution in [-0.2, 0) is 26.2 Å². The average molecular weight is 427 g/mol. The van der Waals surface area contributed by atoms with Gasteiger partial charge in [0.15, 0.2) is 0 Å². The molecule has 3 heteroatoms. The molecule has 1 aliphatic carbocycles. The van der Waals surface area contributed by atoms with E-state index in [0.29, 0.717) is 5.25 Å². The number of allylic oxidation sites excluding steroid dienone is 4. The number of hydrogen-bond acceptors (Lipinski definition) is 1. The Labute approximate surface area is 170 Å². The van der Waals surface area contributed by atoms with E-state index in [2.05, 4.69) is 86.4 Å². The third-order valence-electron chi connectivity index (χ3n) is 3.97. The molecule has 0 spiro atoms. The van der Waals surface area contributed by atoms with Gasteiger partial charge in [-0.2, -0.15) is 6.07 Å². The molecule has 0 nitrogen and oxygen atoms in total. The van der Waals surface area contributed by atoms with E-state index in [9.17, 15) is 0 Å². The third kappa shape index (κ3) is 5.18. The van der Waals surface area contributed by atoms with Crippen molar-refractivity contribution < 1.29 is 26.2 Å². The quantitative estimate of drug-likeness (QED) is 0.427. The molecular weight excluding hydrogens is 404 g/mol. The molecule has 0 aromatic heterocycles. The standard InChI is InChI=1S/C11H14SSi.C10H9.Zr/c1-13(2)7-6-10-8-9-4-3-5-11(9)12-10;1-8-6-9-4-2-3-5-10(9)7-8;/h3-5,7-8,10H,6H2,1-2H3;2-7H,1H3;/q;-1;. The molecular formula is C21H23SSiZr-. The first-order valence-corrected chi connectivity index (χ1v) is 11.6. The Morgan fingerprint density at radius 2 is 2.04 bits per heavy atom. The smallest absolute Gasteiger partial charge is 0.0314 e. The summed E-state index contributed by atoms with van der Waals surface area (Å²) in [5.74, 6) is 0. The Hall–Kier alpha value is -0.630. The van der Waals surface area contributed by atoms with Gasteiger partial charge in [-0.15, -0.1) is 58.0 Å². The van der Waals surface area contributed by atoms with Crippen LogP contribution < -0.4 is 0 Å². The fraction of sp³-hybridized carbons (Fsp3) is 0.238. The zero-order chi connectivity index (χ0) is 16.2. The van der Waals surface area contributed by atoms with Gasteiger partial charge in [-0.25, -0.2) is 0 Å². The molecule has 2 aromatic rings. The topological polar surface area (TPSA) is 0 Å². The fourth-order valence-corrected chi connectivity index (χ4v) is 4.89. The summed E-state index contributed by atoms with van der Waals surface area (Å²) >= 11 is 2.01. The van der Waals surface area contributed by atoms with Crippen LogP contribution in [-0.4, -0.2) is 19.3 Å². The molecule has 1 atom stereocenters. The number of hydrogen-bond donors (Lipinski definition) is 0. The van der Waals surface area contributed by atoms with E-state index in [-0.39, 0.29) is 34.6 Å². The normalized spacial score (nSPS) is 17.4. The van der Waals surface area contributed by atoms with E-state index in [4.69, 9.17) is 0 Å². The Morgan fingerprint density at radius 1 is 1.25 bits per heavy atom. The van der Waals surface area contributed by atoms with E-state index < -0.39 is 0 Å². The molecule has 1 aliphatic heterocycles. The first-order valence-electron chi connectivity index (χ1n) is 8.14. The summed E-state index contributed by atoms with van der Waals surface area (Å²) in [4.78, 5) is 1.47. The Bertz CT molecular complexity index is 786. The van der Waals surface area contributed by atoms with E-state index in [1.165, 1.54) is 33.2 Å². The molecule has 1 heterocycles. The Morgan fingerprint density at radius 3 is 2.75 bits per heavy atom. The minimum absolute atomic E-state index is 0. The van der Waals surface area contributed by atoms with Crippen LogP contribution in [0.2, 0.25) is 13.1 Å². The predicted molar refractivity (Wildman–Crippen MR) is 109 cm³/mol. The van der Waals surface area contributed by atoms with Gasteiger partial charge in [0, 0.05) is 36.4 Å². The largest absolute Gasteiger partial charge is 0.165 e. The van der Waals surface area contributed by atoms with E-state index >= 15 is 0 Å². The van der Waals surface area contributed by atoms with Crippen LogP contribution in [0.4, 0.5) is 0 Å². The van der Waals surface area contributed by atoms with E-state index in [1.54, 1.807) is 0 Å². The summed E-state index contributed by atoms with van der Waals surface area (Å²) in [5.41, 5.74) is 5.30. The Balaban J connectivity index is 0.000000172. The summed E-state index contributed by atoms with van der Waals surface area (Å²) in [7, 11) is -0.150. The Kier molecular flexibility index (Phi) is 7.53. The minimum atomic E-state index is -0.150. The van der Waals surface area contributed by atoms with Crippen LogP contribution in [0, 0.1) is 6.92 Å². The minimum Gasteiger partial charge on any atom is -0.165 e. The summed E-state index contributed by atoms with van der Waals surface area (Å²) in [6.07, 6.45) is 10.2. The van der Waals surface area contributed by atoms with Gasteiger partial charge in [0.1, 0.15) is 0 Å². The molecule has 122 valence electrons. The number of rotatable bonds is 2. The molecule has 0 N–H and O–H groups in total. The van der Waals surface area contributed by atoms with Crippen molar-refractivity contribution in [1.29, 1.82) is 0 Å². The van der Waals surface area contributed by atoms with Crippen LogP contribution in [0.5, 0.6) is 0 Å². The molecule has 2 aliphatic rings. The second-order valence-corrected chi connectivity index (χ2v) is 10.2. The van der Waals surface area contributed by atoms with Crippen molar-refractivity contribution in [2.45, 2.75) is 31.7 Å². The third-order valence-corrected chi connectivity index (χ3v) is 6.28. The summed E-state index contributed by atoms with van der Waals surface area (Å²) < 4.78 is 0. The van der Waals surface area contributed by atoms with Gasteiger partial charge >= 0.3 is 0 Å². The summed E-state index contributed by atoms with van der Waals surface area (Å²) in [6, 6.07) is 12.8. The van der Waals surface area contributed by atoms with Crippen molar-refractivity contribution in [2.24, 2.45) is 0 Å². The maximum atomic E-state index is 2.50. The predicted octanol–water partition coefficient (Wildman–Crippen LogP) is 5.87. The van der Waals surface area contributed by atoms with Gasteiger partial charge < -0.3 is 0 Å². The van der Waals surface area contributed by atoms with Crippen LogP contribution >= 0.6 is 11.8 Å². The number of aryl methyl sites for hydroxylation is 1. The molecule has 0 saturated carbocycles. The molecule has 0 amide bonds. The second-order valence-electron chi connectivity index (χ2n) is 6.35. The van der Waals surface area contributed by atoms with Crippen molar-refractivity contribution in [2.75, 3.05) is 0 Å². The molecule has 2 aromatic carbocycles. The average Bonchev–Trinajstić information content (AvgIpc) is 3.18. The number of fused-ring (bicyclic) bond motifs is 2. The van der Waals surface area contributed by atoms with Gasteiger partial charge in [0.25, 0.3) is 0 Å². The molecule has 1 unspecified atom stereocenters. The van der Waals surface area contributed by atoms with Gasteiger partial charge in [0.05, 0.1) is 0 Å². The van der Waals surface area contributed by atoms with Crippen LogP contribution in [0.3, 0.4) is 0 Å². The molecule has 0 saturated heterocycles. The van der Waals surface area contributed by atoms with Crippen LogP contribution in [0.25, 0.3) is 10.8 Å². The zero-order valence-corrected chi connectivity index (χ0v) is 18.8. The number of thioether (sulfide) groups is 1. The maximum absolute atomic E-state index is 2.50. The van der Waals surface area contributed by atoms with Crippen molar-refractivity contribution in [3.63, 3.8) is 0 Å². The van der Waals surface area contributed by atoms with Crippen LogP contribution in [0.1, 0.15) is 12.0 Å². The van der Waals surface area contributed by atoms with E-state index in [0.717, 1.165) is 0 Å². The first-order chi connectivity index (χ1) is 11.1. The molecule has 0 bridgehead atoms.